The van der Waals surface area contributed by atoms with Gasteiger partial charge in [0, 0.05) is 0 Å². The van der Waals surface area contributed by atoms with E-state index in [-0.39, 0.29) is 5.54 Å². The van der Waals surface area contributed by atoms with E-state index in [4.69, 9.17) is 9.15 Å². The van der Waals surface area contributed by atoms with Crippen LogP contribution in [0.15, 0.2) is 22.6 Å². The molecule has 96 valence electrons. The summed E-state index contributed by atoms with van der Waals surface area (Å²) < 4.78 is 11.2. The lowest BCUT2D eigenvalue weighted by Gasteiger charge is -2.31. The van der Waals surface area contributed by atoms with Gasteiger partial charge in [-0.1, -0.05) is 6.07 Å². The van der Waals surface area contributed by atoms with Crippen LogP contribution in [-0.4, -0.2) is 18.6 Å². The number of rotatable bonds is 2. The first-order valence-electron chi connectivity index (χ1n) is 6.42. The van der Waals surface area contributed by atoms with Crippen LogP contribution in [-0.2, 0) is 5.54 Å². The van der Waals surface area contributed by atoms with Crippen LogP contribution in [0, 0.1) is 0 Å². The number of aromatic nitrogens is 1. The number of para-hydroxylation sites is 1. The van der Waals surface area contributed by atoms with E-state index in [9.17, 15) is 0 Å². The first-order valence-corrected chi connectivity index (χ1v) is 6.42. The Morgan fingerprint density at radius 1 is 1.39 bits per heavy atom. The molecule has 2 heterocycles. The first kappa shape index (κ1) is 11.5. The highest BCUT2D eigenvalue weighted by Gasteiger charge is 2.33. The van der Waals surface area contributed by atoms with Crippen molar-refractivity contribution >= 4 is 11.1 Å². The average molecular weight is 246 g/mol. The summed E-state index contributed by atoms with van der Waals surface area (Å²) in [6.45, 7) is 3.18. The molecule has 1 unspecified atom stereocenters. The minimum atomic E-state index is -0.151. The van der Waals surface area contributed by atoms with Gasteiger partial charge in [0.15, 0.2) is 11.1 Å². The molecule has 1 aliphatic heterocycles. The lowest BCUT2D eigenvalue weighted by molar-refractivity contribution is 0.232. The molecule has 1 aromatic carbocycles. The SMILES string of the molecule is COc1cccc2oc(C3(C)CCCCN3)nc12. The van der Waals surface area contributed by atoms with Crippen molar-refractivity contribution in [3.8, 4) is 5.75 Å². The fourth-order valence-electron chi connectivity index (χ4n) is 2.56. The molecule has 4 heteroatoms. The van der Waals surface area contributed by atoms with Gasteiger partial charge < -0.3 is 14.5 Å². The average Bonchev–Trinajstić information content (AvgIpc) is 2.84. The van der Waals surface area contributed by atoms with Crippen LogP contribution in [0.1, 0.15) is 32.1 Å². The molecule has 2 aromatic rings. The summed E-state index contributed by atoms with van der Waals surface area (Å²) in [6.07, 6.45) is 3.49. The van der Waals surface area contributed by atoms with Crippen LogP contribution >= 0.6 is 0 Å². The molecule has 0 saturated carbocycles. The molecule has 0 aliphatic carbocycles. The smallest absolute Gasteiger partial charge is 0.215 e. The number of benzene rings is 1. The highest BCUT2D eigenvalue weighted by atomic mass is 16.5. The Morgan fingerprint density at radius 2 is 2.28 bits per heavy atom. The number of fused-ring (bicyclic) bond motifs is 1. The number of nitrogens with one attached hydrogen (secondary N) is 1. The Labute approximate surface area is 106 Å². The maximum absolute atomic E-state index is 5.90. The Bertz CT molecular complexity index is 556. The molecule has 1 atom stereocenters. The lowest BCUT2D eigenvalue weighted by atomic mass is 9.91. The van der Waals surface area contributed by atoms with Crippen LogP contribution in [0.5, 0.6) is 5.75 Å². The van der Waals surface area contributed by atoms with Gasteiger partial charge in [0.05, 0.1) is 12.6 Å². The minimum Gasteiger partial charge on any atom is -0.494 e. The third-order valence-corrected chi connectivity index (χ3v) is 3.69. The molecule has 1 fully saturated rings. The van der Waals surface area contributed by atoms with E-state index < -0.39 is 0 Å². The summed E-state index contributed by atoms with van der Waals surface area (Å²) in [5.41, 5.74) is 1.45. The normalized spacial score (nSPS) is 24.3. The van der Waals surface area contributed by atoms with E-state index in [1.165, 1.54) is 12.8 Å². The Morgan fingerprint density at radius 3 is 3.00 bits per heavy atom. The molecule has 4 nitrogen and oxygen atoms in total. The van der Waals surface area contributed by atoms with Crippen molar-refractivity contribution in [2.45, 2.75) is 31.7 Å². The third-order valence-electron chi connectivity index (χ3n) is 3.69. The second kappa shape index (κ2) is 4.28. The number of ether oxygens (including phenoxy) is 1. The predicted octanol–water partition coefficient (Wildman–Crippen LogP) is 2.83. The van der Waals surface area contributed by atoms with Gasteiger partial charge in [0.1, 0.15) is 5.75 Å². The monoisotopic (exact) mass is 246 g/mol. The quantitative estimate of drug-likeness (QED) is 0.885. The van der Waals surface area contributed by atoms with Crippen LogP contribution in [0.3, 0.4) is 0 Å². The van der Waals surface area contributed by atoms with Gasteiger partial charge in [-0.25, -0.2) is 4.98 Å². The van der Waals surface area contributed by atoms with Crippen LogP contribution < -0.4 is 10.1 Å². The largest absolute Gasteiger partial charge is 0.494 e. The molecule has 0 amide bonds. The van der Waals surface area contributed by atoms with Crippen molar-refractivity contribution in [2.75, 3.05) is 13.7 Å². The van der Waals surface area contributed by atoms with Crippen molar-refractivity contribution in [3.63, 3.8) is 0 Å². The van der Waals surface area contributed by atoms with Gasteiger partial charge in [0.2, 0.25) is 5.89 Å². The number of nitrogens with zero attached hydrogens (tertiary/aromatic N) is 1. The zero-order valence-electron chi connectivity index (χ0n) is 10.8. The molecule has 1 N–H and O–H groups in total. The highest BCUT2D eigenvalue weighted by Crippen LogP contribution is 2.33. The molecule has 0 bridgehead atoms. The molecule has 1 saturated heterocycles. The Kier molecular flexibility index (Phi) is 2.74. The number of hydrogen-bond donors (Lipinski definition) is 1. The van der Waals surface area contributed by atoms with Crippen molar-refractivity contribution in [1.29, 1.82) is 0 Å². The molecule has 1 aliphatic rings. The van der Waals surface area contributed by atoms with Gasteiger partial charge >= 0.3 is 0 Å². The van der Waals surface area contributed by atoms with E-state index in [0.717, 1.165) is 35.7 Å². The molecule has 18 heavy (non-hydrogen) atoms. The fourth-order valence-corrected chi connectivity index (χ4v) is 2.56. The summed E-state index contributed by atoms with van der Waals surface area (Å²) in [7, 11) is 1.66. The molecule has 1 aromatic heterocycles. The summed E-state index contributed by atoms with van der Waals surface area (Å²) in [4.78, 5) is 4.62. The van der Waals surface area contributed by atoms with E-state index in [0.29, 0.717) is 0 Å². The maximum Gasteiger partial charge on any atom is 0.215 e. The number of hydrogen-bond acceptors (Lipinski definition) is 4. The van der Waals surface area contributed by atoms with Crippen molar-refractivity contribution in [3.05, 3.63) is 24.1 Å². The van der Waals surface area contributed by atoms with Crippen molar-refractivity contribution in [1.82, 2.24) is 10.3 Å². The highest BCUT2D eigenvalue weighted by molar-refractivity contribution is 5.79. The van der Waals surface area contributed by atoms with Crippen molar-refractivity contribution < 1.29 is 9.15 Å². The van der Waals surface area contributed by atoms with Gasteiger partial charge in [-0.05, 0) is 44.9 Å². The zero-order chi connectivity index (χ0) is 12.6. The molecule has 3 rings (SSSR count). The van der Waals surface area contributed by atoms with E-state index >= 15 is 0 Å². The number of methoxy groups -OCH3 is 1. The molecular formula is C14H18N2O2. The van der Waals surface area contributed by atoms with Crippen LogP contribution in [0.2, 0.25) is 0 Å². The number of piperidine rings is 1. The van der Waals surface area contributed by atoms with Crippen LogP contribution in [0.4, 0.5) is 0 Å². The topological polar surface area (TPSA) is 47.3 Å². The lowest BCUT2D eigenvalue weighted by Crippen LogP contribution is -2.43. The second-order valence-corrected chi connectivity index (χ2v) is 5.04. The van der Waals surface area contributed by atoms with Crippen LogP contribution in [0.25, 0.3) is 11.1 Å². The minimum absolute atomic E-state index is 0.151. The van der Waals surface area contributed by atoms with E-state index in [1.807, 2.05) is 18.2 Å². The van der Waals surface area contributed by atoms with Crippen molar-refractivity contribution in [2.24, 2.45) is 0 Å². The van der Waals surface area contributed by atoms with E-state index in [2.05, 4.69) is 17.2 Å². The van der Waals surface area contributed by atoms with Gasteiger partial charge in [-0.2, -0.15) is 0 Å². The van der Waals surface area contributed by atoms with Gasteiger partial charge in [-0.15, -0.1) is 0 Å². The zero-order valence-corrected chi connectivity index (χ0v) is 10.8. The molecular weight excluding hydrogens is 228 g/mol. The Hall–Kier alpha value is -1.55. The van der Waals surface area contributed by atoms with E-state index in [1.54, 1.807) is 7.11 Å². The summed E-state index contributed by atoms with van der Waals surface area (Å²) in [5.74, 6) is 1.53. The standard InChI is InChI=1S/C14H18N2O2/c1-14(8-3-4-9-15-14)13-16-12-10(17-2)6-5-7-11(12)18-13/h5-7,15H,3-4,8-9H2,1-2H3. The first-order chi connectivity index (χ1) is 8.73. The number of oxazole rings is 1. The van der Waals surface area contributed by atoms with Gasteiger partial charge in [-0.3, -0.25) is 0 Å². The predicted molar refractivity (Wildman–Crippen MR) is 69.8 cm³/mol. The summed E-state index contributed by atoms with van der Waals surface area (Å²) in [5, 5.41) is 3.51. The molecule has 0 spiro atoms. The van der Waals surface area contributed by atoms with Gasteiger partial charge in [0.25, 0.3) is 0 Å². The summed E-state index contributed by atoms with van der Waals surface area (Å²) in [6, 6.07) is 5.76. The fraction of sp³-hybridized carbons (Fsp3) is 0.500. The molecule has 0 radical (unpaired) electrons. The third kappa shape index (κ3) is 1.77. The maximum atomic E-state index is 5.90. The summed E-state index contributed by atoms with van der Waals surface area (Å²) >= 11 is 0. The second-order valence-electron chi connectivity index (χ2n) is 5.04. The Balaban J connectivity index is 2.07.